The number of carbonyl (C=O) groups excluding carboxylic acids is 1. The van der Waals surface area contributed by atoms with Gasteiger partial charge in [0.05, 0.1) is 12.6 Å². The molecule has 1 saturated heterocycles. The Balaban J connectivity index is 2.21. The van der Waals surface area contributed by atoms with Crippen LogP contribution in [0.25, 0.3) is 0 Å². The van der Waals surface area contributed by atoms with E-state index in [1.54, 1.807) is 0 Å². The molecular formula is C10H17N3O. The van der Waals surface area contributed by atoms with Crippen molar-refractivity contribution in [1.29, 1.82) is 5.26 Å². The predicted octanol–water partition coefficient (Wildman–Crippen LogP) is 0.502. The first-order valence-electron chi connectivity index (χ1n) is 5.19. The second-order valence-corrected chi connectivity index (χ2v) is 3.63. The highest BCUT2D eigenvalue weighted by atomic mass is 16.2. The van der Waals surface area contributed by atoms with Gasteiger partial charge in [0.25, 0.3) is 0 Å². The summed E-state index contributed by atoms with van der Waals surface area (Å²) in [6.07, 6.45) is 4.92. The van der Waals surface area contributed by atoms with Gasteiger partial charge in [0.1, 0.15) is 6.54 Å². The van der Waals surface area contributed by atoms with Gasteiger partial charge in [0.15, 0.2) is 0 Å². The summed E-state index contributed by atoms with van der Waals surface area (Å²) in [5, 5.41) is 10.8. The lowest BCUT2D eigenvalue weighted by Crippen LogP contribution is -2.37. The maximum atomic E-state index is 11.3. The first-order chi connectivity index (χ1) is 6.83. The number of nitriles is 1. The van der Waals surface area contributed by atoms with Gasteiger partial charge in [-0.25, -0.2) is 0 Å². The van der Waals surface area contributed by atoms with E-state index in [1.165, 1.54) is 25.7 Å². The molecule has 0 aliphatic carbocycles. The van der Waals surface area contributed by atoms with Crippen LogP contribution in [-0.2, 0) is 4.79 Å². The van der Waals surface area contributed by atoms with Crippen molar-refractivity contribution in [1.82, 2.24) is 10.2 Å². The van der Waals surface area contributed by atoms with Crippen molar-refractivity contribution in [3.05, 3.63) is 0 Å². The second-order valence-electron chi connectivity index (χ2n) is 3.63. The molecule has 1 heterocycles. The van der Waals surface area contributed by atoms with Crippen LogP contribution in [0.15, 0.2) is 0 Å². The van der Waals surface area contributed by atoms with E-state index in [4.69, 9.17) is 5.26 Å². The Morgan fingerprint density at radius 1 is 1.29 bits per heavy atom. The second kappa shape index (κ2) is 6.39. The summed E-state index contributed by atoms with van der Waals surface area (Å²) in [5.74, 6) is -0.0338. The van der Waals surface area contributed by atoms with Gasteiger partial charge in [-0.1, -0.05) is 12.8 Å². The van der Waals surface area contributed by atoms with Crippen molar-refractivity contribution in [2.24, 2.45) is 0 Å². The minimum absolute atomic E-state index is 0.0338. The van der Waals surface area contributed by atoms with Gasteiger partial charge >= 0.3 is 0 Å². The van der Waals surface area contributed by atoms with Gasteiger partial charge in [0, 0.05) is 0 Å². The number of nitrogens with zero attached hydrogens (tertiary/aromatic N) is 2. The van der Waals surface area contributed by atoms with Crippen LogP contribution in [0, 0.1) is 11.3 Å². The van der Waals surface area contributed by atoms with Gasteiger partial charge in [-0.15, -0.1) is 0 Å². The standard InChI is InChI=1S/C10H17N3O/c11-5-6-12-10(14)9-13-7-3-1-2-4-8-13/h1-4,6-9H2,(H,12,14). The smallest absolute Gasteiger partial charge is 0.235 e. The van der Waals surface area contributed by atoms with E-state index in [0.29, 0.717) is 6.54 Å². The molecule has 1 fully saturated rings. The summed E-state index contributed by atoms with van der Waals surface area (Å²) in [5.41, 5.74) is 0. The molecule has 78 valence electrons. The predicted molar refractivity (Wildman–Crippen MR) is 53.5 cm³/mol. The van der Waals surface area contributed by atoms with Crippen molar-refractivity contribution < 1.29 is 4.79 Å². The summed E-state index contributed by atoms with van der Waals surface area (Å²) in [4.78, 5) is 13.4. The normalized spacial score (nSPS) is 18.2. The zero-order valence-electron chi connectivity index (χ0n) is 8.46. The van der Waals surface area contributed by atoms with Crippen LogP contribution < -0.4 is 5.32 Å². The molecule has 1 aliphatic heterocycles. The zero-order chi connectivity index (χ0) is 10.2. The molecule has 0 aromatic carbocycles. The first kappa shape index (κ1) is 11.0. The molecule has 0 spiro atoms. The van der Waals surface area contributed by atoms with Crippen molar-refractivity contribution in [3.63, 3.8) is 0 Å². The Hall–Kier alpha value is -1.08. The number of likely N-dealkylation sites (tertiary alicyclic amines) is 1. The molecule has 0 unspecified atom stereocenters. The molecule has 1 amide bonds. The summed E-state index contributed by atoms with van der Waals surface area (Å²) in [6, 6.07) is 1.90. The molecule has 4 heteroatoms. The number of nitrogens with one attached hydrogen (secondary N) is 1. The highest BCUT2D eigenvalue weighted by molar-refractivity contribution is 5.78. The van der Waals surface area contributed by atoms with Gasteiger partial charge < -0.3 is 5.32 Å². The van der Waals surface area contributed by atoms with E-state index in [0.717, 1.165) is 13.1 Å². The largest absolute Gasteiger partial charge is 0.342 e. The third-order valence-electron chi connectivity index (χ3n) is 2.43. The number of carbonyl (C=O) groups is 1. The fourth-order valence-electron chi connectivity index (χ4n) is 1.69. The lowest BCUT2D eigenvalue weighted by Gasteiger charge is -2.18. The molecular weight excluding hydrogens is 178 g/mol. The number of hydrogen-bond donors (Lipinski definition) is 1. The average Bonchev–Trinajstić information content (AvgIpc) is 2.43. The van der Waals surface area contributed by atoms with Gasteiger partial charge in [-0.3, -0.25) is 9.69 Å². The highest BCUT2D eigenvalue weighted by Crippen LogP contribution is 2.08. The summed E-state index contributed by atoms with van der Waals surface area (Å²) in [6.45, 7) is 2.59. The molecule has 1 rings (SSSR count). The fourth-order valence-corrected chi connectivity index (χ4v) is 1.69. The Morgan fingerprint density at radius 3 is 2.50 bits per heavy atom. The van der Waals surface area contributed by atoms with Crippen molar-refractivity contribution in [2.75, 3.05) is 26.2 Å². The van der Waals surface area contributed by atoms with Crippen LogP contribution in [-0.4, -0.2) is 37.0 Å². The third-order valence-corrected chi connectivity index (χ3v) is 2.43. The molecule has 0 radical (unpaired) electrons. The molecule has 1 aliphatic rings. The molecule has 0 aromatic rings. The lowest BCUT2D eigenvalue weighted by molar-refractivity contribution is -0.122. The van der Waals surface area contributed by atoms with Crippen LogP contribution in [0.5, 0.6) is 0 Å². The van der Waals surface area contributed by atoms with E-state index < -0.39 is 0 Å². The minimum atomic E-state index is -0.0338. The first-order valence-corrected chi connectivity index (χ1v) is 5.19. The average molecular weight is 195 g/mol. The zero-order valence-corrected chi connectivity index (χ0v) is 8.46. The summed E-state index contributed by atoms with van der Waals surface area (Å²) < 4.78 is 0. The molecule has 0 atom stereocenters. The minimum Gasteiger partial charge on any atom is -0.342 e. The number of rotatable bonds is 3. The van der Waals surface area contributed by atoms with E-state index >= 15 is 0 Å². The van der Waals surface area contributed by atoms with Crippen molar-refractivity contribution >= 4 is 5.91 Å². The summed E-state index contributed by atoms with van der Waals surface area (Å²) >= 11 is 0. The maximum Gasteiger partial charge on any atom is 0.235 e. The highest BCUT2D eigenvalue weighted by Gasteiger charge is 2.11. The molecule has 0 bridgehead atoms. The topological polar surface area (TPSA) is 56.1 Å². The number of hydrogen-bond acceptors (Lipinski definition) is 3. The Kier molecular flexibility index (Phi) is 5.02. The number of amides is 1. The third kappa shape index (κ3) is 4.24. The lowest BCUT2D eigenvalue weighted by atomic mass is 10.2. The van der Waals surface area contributed by atoms with Gasteiger partial charge in [0.2, 0.25) is 5.91 Å². The summed E-state index contributed by atoms with van der Waals surface area (Å²) in [7, 11) is 0. The quantitative estimate of drug-likeness (QED) is 0.667. The molecule has 14 heavy (non-hydrogen) atoms. The van der Waals surface area contributed by atoms with Crippen LogP contribution in [0.3, 0.4) is 0 Å². The van der Waals surface area contributed by atoms with Crippen LogP contribution in [0.1, 0.15) is 25.7 Å². The van der Waals surface area contributed by atoms with E-state index in [2.05, 4.69) is 10.2 Å². The van der Waals surface area contributed by atoms with Gasteiger partial charge in [-0.2, -0.15) is 5.26 Å². The van der Waals surface area contributed by atoms with Crippen molar-refractivity contribution in [3.8, 4) is 6.07 Å². The SMILES string of the molecule is N#CCNC(=O)CN1CCCCCC1. The van der Waals surface area contributed by atoms with E-state index in [-0.39, 0.29) is 12.5 Å². The van der Waals surface area contributed by atoms with E-state index in [9.17, 15) is 4.79 Å². The maximum absolute atomic E-state index is 11.3. The van der Waals surface area contributed by atoms with E-state index in [1.807, 2.05) is 6.07 Å². The van der Waals surface area contributed by atoms with Gasteiger partial charge in [-0.05, 0) is 25.9 Å². The Labute approximate surface area is 84.9 Å². The Morgan fingerprint density at radius 2 is 1.93 bits per heavy atom. The Bertz CT molecular complexity index is 214. The monoisotopic (exact) mass is 195 g/mol. The van der Waals surface area contributed by atoms with Crippen LogP contribution in [0.2, 0.25) is 0 Å². The van der Waals surface area contributed by atoms with Crippen molar-refractivity contribution in [2.45, 2.75) is 25.7 Å². The molecule has 4 nitrogen and oxygen atoms in total. The molecule has 1 N–H and O–H groups in total. The fraction of sp³-hybridized carbons (Fsp3) is 0.800. The van der Waals surface area contributed by atoms with Crippen LogP contribution in [0.4, 0.5) is 0 Å². The molecule has 0 saturated carbocycles. The molecule has 0 aromatic heterocycles. The van der Waals surface area contributed by atoms with Crippen LogP contribution >= 0.6 is 0 Å².